The molecule has 0 fully saturated rings. The zero-order valence-electron chi connectivity index (χ0n) is 31.0. The molecule has 0 radical (unpaired) electrons. The molecule has 55 heavy (non-hydrogen) atoms. The van der Waals surface area contributed by atoms with Gasteiger partial charge in [-0.15, -0.1) is 6.61 Å². The second-order valence-corrected chi connectivity index (χ2v) is 12.3. The van der Waals surface area contributed by atoms with Crippen LogP contribution < -0.4 is 39.4 Å². The normalized spacial score (nSPS) is 10.5. The van der Waals surface area contributed by atoms with Crippen LogP contribution in [-0.2, 0) is 14.2 Å². The first kappa shape index (κ1) is 43.3. The summed E-state index contributed by atoms with van der Waals surface area (Å²) in [6.45, 7) is 1.81. The van der Waals surface area contributed by atoms with Crippen molar-refractivity contribution in [3.05, 3.63) is 103 Å². The Morgan fingerprint density at radius 3 is 1.64 bits per heavy atom. The van der Waals surface area contributed by atoms with Crippen molar-refractivity contribution in [2.45, 2.75) is 0 Å². The number of aromatic amines is 2. The molecule has 0 saturated carbocycles. The smallest absolute Gasteiger partial charge is 0.853 e. The Kier molecular flexibility index (Phi) is 18.0. The second kappa shape index (κ2) is 22.8. The van der Waals surface area contributed by atoms with Gasteiger partial charge < -0.3 is 39.1 Å². The van der Waals surface area contributed by atoms with E-state index in [9.17, 15) is 5.11 Å². The number of ether oxygens (including phenoxy) is 4. The van der Waals surface area contributed by atoms with Gasteiger partial charge in [0, 0.05) is 96.1 Å². The molecule has 8 heterocycles. The van der Waals surface area contributed by atoms with E-state index < -0.39 is 0 Å². The van der Waals surface area contributed by atoms with Crippen molar-refractivity contribution in [3.63, 3.8) is 0 Å². The third-order valence-electron chi connectivity index (χ3n) is 7.66. The Morgan fingerprint density at radius 1 is 0.636 bits per heavy atom. The van der Waals surface area contributed by atoms with Crippen molar-refractivity contribution >= 4 is 59.8 Å². The zero-order valence-corrected chi connectivity index (χ0v) is 34.6. The molecular formula is C39H40BrN8NaO6. The van der Waals surface area contributed by atoms with Crippen LogP contribution in [0.25, 0.3) is 66.4 Å². The van der Waals surface area contributed by atoms with Gasteiger partial charge in [-0.25, -0.2) is 9.97 Å². The van der Waals surface area contributed by atoms with Crippen LogP contribution in [0.2, 0.25) is 0 Å². The Balaban J connectivity index is 0.000000196. The number of fused-ring (bicyclic) bond motifs is 6. The van der Waals surface area contributed by atoms with Gasteiger partial charge in [0.15, 0.2) is 0 Å². The van der Waals surface area contributed by atoms with Crippen LogP contribution in [0.15, 0.2) is 103 Å². The van der Waals surface area contributed by atoms with Crippen molar-refractivity contribution in [2.75, 3.05) is 61.0 Å². The average Bonchev–Trinajstić information content (AvgIpc) is 3.77. The van der Waals surface area contributed by atoms with E-state index in [0.717, 1.165) is 76.6 Å². The maximum atomic E-state index is 9.40. The molecule has 3 N–H and O–H groups in total. The molecule has 8 aromatic heterocycles. The Bertz CT molecular complexity index is 2340. The molecule has 8 rings (SSSR count). The predicted octanol–water partition coefficient (Wildman–Crippen LogP) is 2.76. The molecule has 0 aromatic carbocycles. The number of aliphatic hydroxyl groups excluding tert-OH is 1. The molecule has 0 atom stereocenters. The van der Waals surface area contributed by atoms with Crippen molar-refractivity contribution in [2.24, 2.45) is 0 Å². The van der Waals surface area contributed by atoms with Gasteiger partial charge in [0.1, 0.15) is 23.7 Å². The minimum absolute atomic E-state index is 0. The third-order valence-corrected chi connectivity index (χ3v) is 8.10. The molecule has 0 unspecified atom stereocenters. The summed E-state index contributed by atoms with van der Waals surface area (Å²) in [5.41, 5.74) is 7.38. The van der Waals surface area contributed by atoms with Gasteiger partial charge in [0.2, 0.25) is 0 Å². The fourth-order valence-electron chi connectivity index (χ4n) is 5.15. The molecule has 16 heteroatoms. The number of hydrogen-bond acceptors (Lipinski definition) is 12. The molecular weight excluding hydrogens is 779 g/mol. The Hall–Kier alpha value is -4.42. The minimum Gasteiger partial charge on any atom is -0.853 e. The molecule has 0 spiro atoms. The quantitative estimate of drug-likeness (QED) is 0.136. The molecule has 8 aromatic rings. The summed E-state index contributed by atoms with van der Waals surface area (Å²) >= 11 is 3.46. The van der Waals surface area contributed by atoms with Gasteiger partial charge in [0.05, 0.1) is 60.8 Å². The van der Waals surface area contributed by atoms with Gasteiger partial charge >= 0.3 is 29.6 Å². The van der Waals surface area contributed by atoms with E-state index in [4.69, 9.17) is 14.6 Å². The summed E-state index contributed by atoms with van der Waals surface area (Å²) in [7, 11) is 4.71. The summed E-state index contributed by atoms with van der Waals surface area (Å²) in [5.74, 6) is 0.722. The van der Waals surface area contributed by atoms with Crippen LogP contribution in [-0.4, -0.2) is 106 Å². The average molecular weight is 820 g/mol. The number of nitrogens with one attached hydrogen (secondary N) is 2. The maximum absolute atomic E-state index is 9.40. The van der Waals surface area contributed by atoms with Crippen molar-refractivity contribution in [1.82, 2.24) is 39.9 Å². The fourth-order valence-corrected chi connectivity index (χ4v) is 5.48. The Morgan fingerprint density at radius 2 is 1.18 bits per heavy atom. The number of H-pyrrole nitrogens is 2. The van der Waals surface area contributed by atoms with E-state index in [-0.39, 0.29) is 42.8 Å². The van der Waals surface area contributed by atoms with Gasteiger partial charge in [0.25, 0.3) is 0 Å². The van der Waals surface area contributed by atoms with E-state index in [0.29, 0.717) is 26.4 Å². The SMILES string of the molecule is Brc1cnc2[nH]c3cnc(-c4cccnc4)cc3c2c1.COCCO.COCCOc1cnc2[nH]c3cnc(-c4cccnc4)cc3c2c1.COCC[O-].[Na+]. The van der Waals surface area contributed by atoms with E-state index in [1.165, 1.54) is 7.11 Å². The van der Waals surface area contributed by atoms with Gasteiger partial charge in [-0.05, 0) is 64.5 Å². The first-order valence-electron chi connectivity index (χ1n) is 16.8. The first-order chi connectivity index (χ1) is 26.5. The first-order valence-corrected chi connectivity index (χ1v) is 17.6. The summed E-state index contributed by atoms with van der Waals surface area (Å²) in [6, 6.07) is 16.0. The number of methoxy groups -OCH3 is 3. The molecule has 0 amide bonds. The molecule has 0 aliphatic rings. The van der Waals surface area contributed by atoms with Crippen molar-refractivity contribution in [3.8, 4) is 28.3 Å². The van der Waals surface area contributed by atoms with Crippen LogP contribution in [0.4, 0.5) is 0 Å². The number of aromatic nitrogens is 8. The molecule has 0 aliphatic heterocycles. The Labute approximate surface area is 348 Å². The number of hydrogen-bond donors (Lipinski definition) is 3. The summed E-state index contributed by atoms with van der Waals surface area (Å²) in [5, 5.41) is 21.6. The summed E-state index contributed by atoms with van der Waals surface area (Å²) in [4.78, 5) is 32.7. The molecule has 280 valence electrons. The maximum Gasteiger partial charge on any atom is 1.00 e. The van der Waals surface area contributed by atoms with Crippen LogP contribution >= 0.6 is 15.9 Å². The standard InChI is InChI=1S/C18H16N4O2.C15H9BrN4.C3H8O2.C3H7O2.Na/c1-23-5-6-24-13-7-15-14-8-16(12-3-2-4-19-9-12)20-11-17(14)22-18(15)21-10-13;16-10-4-12-11-5-13(9-2-1-3-17-6-9)18-8-14(11)20-15(12)19-7-10;2*1-5-3-2-4;/h2-4,7-11H,5-6H2,1H3,(H,21,22);1-8H,(H,19,20);4H,2-3H2,1H3;2-3H2,1H3;/q;;;-1;+1. The number of halogens is 1. The summed E-state index contributed by atoms with van der Waals surface area (Å²) in [6.07, 6.45) is 14.3. The van der Waals surface area contributed by atoms with Crippen molar-refractivity contribution < 1.29 is 58.7 Å². The number of rotatable bonds is 10. The van der Waals surface area contributed by atoms with Gasteiger partial charge in [-0.3, -0.25) is 19.9 Å². The van der Waals surface area contributed by atoms with Gasteiger partial charge in [-0.2, -0.15) is 0 Å². The van der Waals surface area contributed by atoms with Crippen LogP contribution in [0.1, 0.15) is 0 Å². The number of aliphatic hydroxyl groups is 1. The van der Waals surface area contributed by atoms with E-state index >= 15 is 0 Å². The van der Waals surface area contributed by atoms with Crippen molar-refractivity contribution in [1.29, 1.82) is 0 Å². The summed E-state index contributed by atoms with van der Waals surface area (Å²) < 4.78 is 20.4. The topological polar surface area (TPSA) is 189 Å². The molecule has 14 nitrogen and oxygen atoms in total. The van der Waals surface area contributed by atoms with Crippen LogP contribution in [0.3, 0.4) is 0 Å². The van der Waals surface area contributed by atoms with Crippen LogP contribution in [0.5, 0.6) is 5.75 Å². The predicted molar refractivity (Wildman–Crippen MR) is 210 cm³/mol. The molecule has 0 aliphatic carbocycles. The third kappa shape index (κ3) is 12.0. The van der Waals surface area contributed by atoms with E-state index in [2.05, 4.69) is 77.4 Å². The largest absolute Gasteiger partial charge is 1.00 e. The number of pyridine rings is 6. The van der Waals surface area contributed by atoms with Gasteiger partial charge in [-0.1, -0.05) is 0 Å². The molecule has 0 saturated heterocycles. The zero-order chi connectivity index (χ0) is 38.1. The minimum atomic E-state index is -0.128. The van der Waals surface area contributed by atoms with E-state index in [1.807, 2.05) is 55.0 Å². The van der Waals surface area contributed by atoms with Crippen LogP contribution in [0, 0.1) is 0 Å². The monoisotopic (exact) mass is 818 g/mol. The number of nitrogens with zero attached hydrogens (tertiary/aromatic N) is 6. The second-order valence-electron chi connectivity index (χ2n) is 11.3. The molecule has 0 bridgehead atoms. The fraction of sp³-hybridized carbons (Fsp3) is 0.231. The van der Waals surface area contributed by atoms with E-state index in [1.54, 1.807) is 45.2 Å².